The number of benzene rings is 1. The van der Waals surface area contributed by atoms with Crippen molar-refractivity contribution in [3.8, 4) is 0 Å². The van der Waals surface area contributed by atoms with E-state index in [4.69, 9.17) is 0 Å². The summed E-state index contributed by atoms with van der Waals surface area (Å²) in [6, 6.07) is 1.87. The average Bonchev–Trinajstić information content (AvgIpc) is 2.81. The third-order valence-electron chi connectivity index (χ3n) is 3.87. The molecule has 118 valence electrons. The standard InChI is InChI=1S/C16H20N2O3S/c1-10-8-11(2)15(13(4)19)12(3)14(10)9-22(20,21)16-17-6-7-18(16)5/h6-8H,9H2,1-5H3. The van der Waals surface area contributed by atoms with Gasteiger partial charge in [-0.05, 0) is 49.9 Å². The van der Waals surface area contributed by atoms with Gasteiger partial charge < -0.3 is 4.57 Å². The van der Waals surface area contributed by atoms with Crippen molar-refractivity contribution in [3.05, 3.63) is 46.3 Å². The summed E-state index contributed by atoms with van der Waals surface area (Å²) in [5.41, 5.74) is 3.77. The molecule has 1 heterocycles. The molecule has 0 radical (unpaired) electrons. The monoisotopic (exact) mass is 320 g/mol. The lowest BCUT2D eigenvalue weighted by atomic mass is 9.92. The zero-order valence-corrected chi connectivity index (χ0v) is 14.3. The summed E-state index contributed by atoms with van der Waals surface area (Å²) in [4.78, 5) is 15.8. The molecule has 2 aromatic rings. The molecule has 5 nitrogen and oxygen atoms in total. The van der Waals surface area contributed by atoms with Crippen molar-refractivity contribution in [3.63, 3.8) is 0 Å². The van der Waals surface area contributed by atoms with Gasteiger partial charge in [-0.2, -0.15) is 0 Å². The number of carbonyl (C=O) groups is 1. The Balaban J connectivity index is 2.58. The van der Waals surface area contributed by atoms with E-state index in [9.17, 15) is 13.2 Å². The fourth-order valence-corrected chi connectivity index (χ4v) is 4.57. The summed E-state index contributed by atoms with van der Waals surface area (Å²) in [7, 11) is -1.91. The molecule has 0 aliphatic rings. The summed E-state index contributed by atoms with van der Waals surface area (Å²) in [5, 5.41) is 0.0382. The number of rotatable bonds is 4. The zero-order valence-electron chi connectivity index (χ0n) is 13.5. The van der Waals surface area contributed by atoms with Gasteiger partial charge in [0.05, 0.1) is 5.75 Å². The van der Waals surface area contributed by atoms with Gasteiger partial charge in [0, 0.05) is 25.0 Å². The number of ketones is 1. The van der Waals surface area contributed by atoms with Gasteiger partial charge in [0.15, 0.2) is 5.78 Å². The van der Waals surface area contributed by atoms with Crippen molar-refractivity contribution in [1.29, 1.82) is 0 Å². The van der Waals surface area contributed by atoms with E-state index >= 15 is 0 Å². The second kappa shape index (κ2) is 5.68. The van der Waals surface area contributed by atoms with Crippen molar-refractivity contribution in [1.82, 2.24) is 9.55 Å². The number of Topliss-reactive ketones (excluding diaryl/α,β-unsaturated/α-hetero) is 1. The Morgan fingerprint density at radius 3 is 2.36 bits per heavy atom. The number of hydrogen-bond acceptors (Lipinski definition) is 4. The van der Waals surface area contributed by atoms with Crippen LogP contribution in [-0.2, 0) is 22.6 Å². The summed E-state index contributed by atoms with van der Waals surface area (Å²) >= 11 is 0. The number of carbonyl (C=O) groups excluding carboxylic acids is 1. The number of sulfone groups is 1. The number of aryl methyl sites for hydroxylation is 3. The highest BCUT2D eigenvalue weighted by Crippen LogP contribution is 2.26. The fourth-order valence-electron chi connectivity index (χ4n) is 2.90. The van der Waals surface area contributed by atoms with E-state index < -0.39 is 9.84 Å². The molecule has 1 aromatic heterocycles. The maximum atomic E-state index is 12.6. The van der Waals surface area contributed by atoms with E-state index in [1.807, 2.05) is 19.9 Å². The largest absolute Gasteiger partial charge is 0.325 e. The lowest BCUT2D eigenvalue weighted by Gasteiger charge is -2.16. The fraction of sp³-hybridized carbons (Fsp3) is 0.375. The molecular weight excluding hydrogens is 300 g/mol. The van der Waals surface area contributed by atoms with E-state index in [1.54, 1.807) is 20.2 Å². The number of imidazole rings is 1. The summed E-state index contributed by atoms with van der Waals surface area (Å²) < 4.78 is 26.7. The second-order valence-corrected chi connectivity index (χ2v) is 7.51. The molecule has 0 atom stereocenters. The predicted octanol–water partition coefficient (Wildman–Crippen LogP) is 2.52. The van der Waals surface area contributed by atoms with Crippen LogP contribution in [-0.4, -0.2) is 23.8 Å². The van der Waals surface area contributed by atoms with E-state index in [0.29, 0.717) is 11.1 Å². The van der Waals surface area contributed by atoms with Crippen LogP contribution >= 0.6 is 0 Å². The Kier molecular flexibility index (Phi) is 4.24. The Labute approximate surface area is 130 Å². The molecule has 0 unspecified atom stereocenters. The van der Waals surface area contributed by atoms with Crippen LogP contribution in [0.3, 0.4) is 0 Å². The molecule has 0 N–H and O–H groups in total. The minimum Gasteiger partial charge on any atom is -0.325 e. The molecule has 6 heteroatoms. The number of aromatic nitrogens is 2. The van der Waals surface area contributed by atoms with Gasteiger partial charge >= 0.3 is 0 Å². The maximum Gasteiger partial charge on any atom is 0.227 e. The highest BCUT2D eigenvalue weighted by Gasteiger charge is 2.24. The van der Waals surface area contributed by atoms with Gasteiger partial charge in [0.25, 0.3) is 0 Å². The van der Waals surface area contributed by atoms with Crippen LogP contribution in [0.5, 0.6) is 0 Å². The van der Waals surface area contributed by atoms with Gasteiger partial charge in [-0.3, -0.25) is 4.79 Å². The summed E-state index contributed by atoms with van der Waals surface area (Å²) in [5.74, 6) is -0.207. The van der Waals surface area contributed by atoms with Crippen LogP contribution in [0.15, 0.2) is 23.6 Å². The van der Waals surface area contributed by atoms with Gasteiger partial charge in [-0.15, -0.1) is 0 Å². The SMILES string of the molecule is CC(=O)c1c(C)cc(C)c(CS(=O)(=O)c2nccn2C)c1C. The topological polar surface area (TPSA) is 69.0 Å². The highest BCUT2D eigenvalue weighted by molar-refractivity contribution is 7.90. The average molecular weight is 320 g/mol. The van der Waals surface area contributed by atoms with Gasteiger partial charge in [0.1, 0.15) is 0 Å². The molecule has 2 rings (SSSR count). The third kappa shape index (κ3) is 2.83. The lowest BCUT2D eigenvalue weighted by Crippen LogP contribution is -2.14. The van der Waals surface area contributed by atoms with Gasteiger partial charge in [-0.1, -0.05) is 6.07 Å². The molecule has 1 aromatic carbocycles. The molecule has 0 aliphatic heterocycles. The van der Waals surface area contributed by atoms with Gasteiger partial charge in [-0.25, -0.2) is 13.4 Å². The van der Waals surface area contributed by atoms with Crippen molar-refractivity contribution in [2.75, 3.05) is 0 Å². The van der Waals surface area contributed by atoms with Crippen LogP contribution < -0.4 is 0 Å². The molecule has 22 heavy (non-hydrogen) atoms. The molecule has 0 saturated carbocycles. The Bertz CT molecular complexity index is 849. The van der Waals surface area contributed by atoms with Crippen LogP contribution in [0, 0.1) is 20.8 Å². The number of nitrogens with zero attached hydrogens (tertiary/aromatic N) is 2. The first-order valence-corrected chi connectivity index (χ1v) is 8.61. The zero-order chi connectivity index (χ0) is 16.7. The van der Waals surface area contributed by atoms with Crippen molar-refractivity contribution < 1.29 is 13.2 Å². The maximum absolute atomic E-state index is 12.6. The highest BCUT2D eigenvalue weighted by atomic mass is 32.2. The molecular formula is C16H20N2O3S. The van der Waals surface area contributed by atoms with Crippen molar-refractivity contribution in [2.45, 2.75) is 38.6 Å². The summed E-state index contributed by atoms with van der Waals surface area (Å²) in [6.07, 6.45) is 3.06. The smallest absolute Gasteiger partial charge is 0.227 e. The molecule has 0 fully saturated rings. The van der Waals surface area contributed by atoms with Crippen molar-refractivity contribution >= 4 is 15.6 Å². The minimum absolute atomic E-state index is 0.0382. The Morgan fingerprint density at radius 2 is 1.86 bits per heavy atom. The molecule has 0 aliphatic carbocycles. The normalized spacial score (nSPS) is 11.7. The second-order valence-electron chi connectivity index (χ2n) is 5.62. The Hall–Kier alpha value is -1.95. The minimum atomic E-state index is -3.56. The quantitative estimate of drug-likeness (QED) is 0.812. The first-order chi connectivity index (χ1) is 10.1. The Morgan fingerprint density at radius 1 is 1.23 bits per heavy atom. The van der Waals surface area contributed by atoms with E-state index in [2.05, 4.69) is 4.98 Å². The lowest BCUT2D eigenvalue weighted by molar-refractivity contribution is 0.101. The molecule has 0 spiro atoms. The van der Waals surface area contributed by atoms with E-state index in [1.165, 1.54) is 17.7 Å². The predicted molar refractivity (Wildman–Crippen MR) is 84.8 cm³/mol. The van der Waals surface area contributed by atoms with Gasteiger partial charge in [0.2, 0.25) is 15.0 Å². The molecule has 0 amide bonds. The van der Waals surface area contributed by atoms with Crippen molar-refractivity contribution in [2.24, 2.45) is 7.05 Å². The molecule has 0 saturated heterocycles. The number of hydrogen-bond donors (Lipinski definition) is 0. The van der Waals surface area contributed by atoms with Crippen LogP contribution in [0.1, 0.15) is 39.5 Å². The third-order valence-corrected chi connectivity index (χ3v) is 5.49. The first-order valence-electron chi connectivity index (χ1n) is 6.96. The van der Waals surface area contributed by atoms with Crippen LogP contribution in [0.25, 0.3) is 0 Å². The van der Waals surface area contributed by atoms with E-state index in [0.717, 1.165) is 16.7 Å². The van der Waals surface area contributed by atoms with Crippen LogP contribution in [0.2, 0.25) is 0 Å². The molecule has 0 bridgehead atoms. The first kappa shape index (κ1) is 16.4. The van der Waals surface area contributed by atoms with Crippen LogP contribution in [0.4, 0.5) is 0 Å². The summed E-state index contributed by atoms with van der Waals surface area (Å²) in [6.45, 7) is 7.04. The van der Waals surface area contributed by atoms with E-state index in [-0.39, 0.29) is 16.7 Å².